The second-order valence-electron chi connectivity index (χ2n) is 11.0. The largest absolute Gasteiger partial charge is 0.391 e. The van der Waals surface area contributed by atoms with Crippen LogP contribution < -0.4 is 16.0 Å². The van der Waals surface area contributed by atoms with Crippen LogP contribution in [-0.4, -0.2) is 61.6 Å². The second-order valence-corrected chi connectivity index (χ2v) is 13.5. The number of para-hydroxylation sites is 1. The predicted octanol–water partition coefficient (Wildman–Crippen LogP) is 2.82. The Bertz CT molecular complexity index is 995. The summed E-state index contributed by atoms with van der Waals surface area (Å²) in [4.78, 5) is 27.3. The number of anilines is 1. The summed E-state index contributed by atoms with van der Waals surface area (Å²) in [5.41, 5.74) is 7.40. The first kappa shape index (κ1) is 30.3. The molecule has 2 amide bonds. The van der Waals surface area contributed by atoms with Crippen LogP contribution in [0.4, 0.5) is 5.69 Å². The van der Waals surface area contributed by atoms with Crippen molar-refractivity contribution in [1.29, 1.82) is 0 Å². The normalized spacial score (nSPS) is 18.8. The number of nitrogens with two attached hydrogens (primary N) is 1. The van der Waals surface area contributed by atoms with E-state index >= 15 is 0 Å². The molecule has 0 saturated carbocycles. The maximum atomic E-state index is 13.5. The van der Waals surface area contributed by atoms with E-state index in [0.29, 0.717) is 19.4 Å². The van der Waals surface area contributed by atoms with Crippen molar-refractivity contribution in [3.05, 3.63) is 29.8 Å². The molecule has 4 N–H and O–H groups in total. The lowest BCUT2D eigenvalue weighted by Crippen LogP contribution is -2.47. The zero-order chi connectivity index (χ0) is 27.1. The fraction of sp³-hybridized carbons (Fsp3) is 0.704. The van der Waals surface area contributed by atoms with Crippen molar-refractivity contribution in [2.75, 3.05) is 23.7 Å². The number of nitrogens with one attached hydrogen (secondary N) is 1. The smallest absolute Gasteiger partial charge is 0.227 e. The number of fused-ring (bicyclic) bond motifs is 1. The number of hydrogen-bond acceptors (Lipinski definition) is 6. The molecule has 36 heavy (non-hydrogen) atoms. The number of rotatable bonds is 13. The quantitative estimate of drug-likeness (QED) is 0.341. The summed E-state index contributed by atoms with van der Waals surface area (Å²) in [6.45, 7) is 10.1. The van der Waals surface area contributed by atoms with Crippen molar-refractivity contribution in [1.82, 2.24) is 5.32 Å². The molecule has 0 radical (unpaired) electrons. The van der Waals surface area contributed by atoms with Gasteiger partial charge in [0.1, 0.15) is 0 Å². The Morgan fingerprint density at radius 1 is 1.25 bits per heavy atom. The summed E-state index contributed by atoms with van der Waals surface area (Å²) in [5, 5.41) is 12.9. The second kappa shape index (κ2) is 13.0. The van der Waals surface area contributed by atoms with Gasteiger partial charge in [0.25, 0.3) is 0 Å². The fourth-order valence-corrected chi connectivity index (χ4v) is 6.11. The van der Waals surface area contributed by atoms with Gasteiger partial charge in [0.2, 0.25) is 11.8 Å². The van der Waals surface area contributed by atoms with Crippen LogP contribution >= 0.6 is 0 Å². The molecule has 0 spiro atoms. The molecule has 9 heteroatoms. The fourth-order valence-electron chi connectivity index (χ4n) is 4.83. The van der Waals surface area contributed by atoms with E-state index in [4.69, 9.17) is 5.73 Å². The van der Waals surface area contributed by atoms with Gasteiger partial charge in [-0.25, -0.2) is 8.42 Å². The molecule has 204 valence electrons. The lowest BCUT2D eigenvalue weighted by atomic mass is 9.79. The average Bonchev–Trinajstić information content (AvgIpc) is 2.82. The molecule has 1 aliphatic rings. The first-order chi connectivity index (χ1) is 16.8. The van der Waals surface area contributed by atoms with Gasteiger partial charge in [-0.2, -0.15) is 0 Å². The van der Waals surface area contributed by atoms with E-state index in [9.17, 15) is 23.1 Å². The minimum absolute atomic E-state index is 0.0369. The molecule has 4 atom stereocenters. The van der Waals surface area contributed by atoms with Crippen LogP contribution in [0.15, 0.2) is 24.3 Å². The molecule has 0 aliphatic carbocycles. The topological polar surface area (TPSA) is 130 Å². The van der Waals surface area contributed by atoms with Crippen molar-refractivity contribution >= 4 is 27.3 Å². The van der Waals surface area contributed by atoms with Crippen LogP contribution in [0.3, 0.4) is 0 Å². The highest BCUT2D eigenvalue weighted by Crippen LogP contribution is 2.34. The Kier molecular flexibility index (Phi) is 10.9. The summed E-state index contributed by atoms with van der Waals surface area (Å²) < 4.78 is 25.3. The van der Waals surface area contributed by atoms with Crippen molar-refractivity contribution in [3.63, 3.8) is 0 Å². The molecule has 2 rings (SSSR count). The molecule has 1 aromatic rings. The Morgan fingerprint density at radius 3 is 2.56 bits per heavy atom. The number of carbonyl (C=O) groups is 2. The van der Waals surface area contributed by atoms with Gasteiger partial charge in [0.15, 0.2) is 9.84 Å². The van der Waals surface area contributed by atoms with Gasteiger partial charge >= 0.3 is 0 Å². The maximum Gasteiger partial charge on any atom is 0.227 e. The SMILES string of the molecule is CCCCNC(=O)[C@H](C)C[C@H](O)[C@@H](N)CC(C)(C)CC(=O)N1C[C@H](S(=O)(=O)CC)Cc2ccccc21. The van der Waals surface area contributed by atoms with Crippen LogP contribution in [-0.2, 0) is 25.8 Å². The summed E-state index contributed by atoms with van der Waals surface area (Å²) in [6.07, 6.45) is 2.23. The predicted molar refractivity (Wildman–Crippen MR) is 144 cm³/mol. The summed E-state index contributed by atoms with van der Waals surface area (Å²) in [6, 6.07) is 6.85. The van der Waals surface area contributed by atoms with Gasteiger partial charge in [0.05, 0.1) is 11.4 Å². The van der Waals surface area contributed by atoms with E-state index in [1.807, 2.05) is 38.1 Å². The number of sulfone groups is 1. The molecule has 0 aromatic heterocycles. The molecule has 0 fully saturated rings. The molecule has 0 unspecified atom stereocenters. The van der Waals surface area contributed by atoms with Crippen LogP contribution in [0.5, 0.6) is 0 Å². The molecule has 1 aromatic carbocycles. The van der Waals surface area contributed by atoms with E-state index < -0.39 is 32.6 Å². The zero-order valence-electron chi connectivity index (χ0n) is 22.5. The van der Waals surface area contributed by atoms with Gasteiger partial charge in [-0.05, 0) is 42.7 Å². The average molecular weight is 524 g/mol. The van der Waals surface area contributed by atoms with E-state index in [1.54, 1.807) is 18.7 Å². The van der Waals surface area contributed by atoms with Crippen LogP contribution in [0.1, 0.15) is 72.3 Å². The number of aliphatic hydroxyl groups excluding tert-OH is 1. The van der Waals surface area contributed by atoms with Gasteiger partial charge in [-0.3, -0.25) is 9.59 Å². The summed E-state index contributed by atoms with van der Waals surface area (Å²) >= 11 is 0. The number of amides is 2. The Balaban J connectivity index is 2.04. The summed E-state index contributed by atoms with van der Waals surface area (Å²) in [7, 11) is -3.31. The van der Waals surface area contributed by atoms with Crippen molar-refractivity contribution in [2.45, 2.75) is 90.5 Å². The molecule has 0 bridgehead atoms. The van der Waals surface area contributed by atoms with E-state index in [0.717, 1.165) is 24.1 Å². The van der Waals surface area contributed by atoms with Gasteiger partial charge in [0, 0.05) is 42.9 Å². The highest BCUT2D eigenvalue weighted by Gasteiger charge is 2.37. The number of nitrogens with zero attached hydrogens (tertiary/aromatic N) is 1. The monoisotopic (exact) mass is 523 g/mol. The van der Waals surface area contributed by atoms with Crippen LogP contribution in [0, 0.1) is 11.3 Å². The number of unbranched alkanes of at least 4 members (excludes halogenated alkanes) is 1. The first-order valence-corrected chi connectivity index (χ1v) is 14.8. The van der Waals surface area contributed by atoms with Crippen molar-refractivity contribution in [3.8, 4) is 0 Å². The number of aliphatic hydroxyl groups is 1. The molecular weight excluding hydrogens is 478 g/mol. The Morgan fingerprint density at radius 2 is 1.92 bits per heavy atom. The molecular formula is C27H45N3O5S. The third kappa shape index (κ3) is 8.28. The van der Waals surface area contributed by atoms with Crippen LogP contribution in [0.2, 0.25) is 0 Å². The molecule has 1 heterocycles. The van der Waals surface area contributed by atoms with Crippen molar-refractivity contribution in [2.24, 2.45) is 17.1 Å². The van der Waals surface area contributed by atoms with E-state index in [-0.39, 0.29) is 42.9 Å². The number of benzene rings is 1. The van der Waals surface area contributed by atoms with E-state index in [1.165, 1.54) is 0 Å². The van der Waals surface area contributed by atoms with Crippen molar-refractivity contribution < 1.29 is 23.1 Å². The Hall–Kier alpha value is -1.97. The standard InChI is InChI=1S/C27H45N3O5S/c1-6-8-13-29-26(33)19(3)14-24(31)22(28)16-27(4,5)17-25(32)30-18-21(36(34,35)7-2)15-20-11-9-10-12-23(20)30/h9-12,19,21-22,24,31H,6-8,13-18,28H2,1-5H3,(H,29,33)/t19-,21-,22+,24+/m1/s1. The van der Waals surface area contributed by atoms with Gasteiger partial charge < -0.3 is 21.1 Å². The van der Waals surface area contributed by atoms with Gasteiger partial charge in [-0.1, -0.05) is 59.2 Å². The molecule has 1 aliphatic heterocycles. The third-order valence-corrected chi connectivity index (χ3v) is 9.25. The zero-order valence-corrected chi connectivity index (χ0v) is 23.3. The minimum atomic E-state index is -3.31. The number of hydrogen-bond donors (Lipinski definition) is 3. The molecule has 0 saturated heterocycles. The minimum Gasteiger partial charge on any atom is -0.391 e. The third-order valence-electron chi connectivity index (χ3n) is 7.11. The number of carbonyl (C=O) groups excluding carboxylic acids is 2. The summed E-state index contributed by atoms with van der Waals surface area (Å²) in [5.74, 6) is -0.581. The molecule has 8 nitrogen and oxygen atoms in total. The van der Waals surface area contributed by atoms with Gasteiger partial charge in [-0.15, -0.1) is 0 Å². The first-order valence-electron chi connectivity index (χ1n) is 13.1. The highest BCUT2D eigenvalue weighted by molar-refractivity contribution is 7.92. The lowest BCUT2D eigenvalue weighted by molar-refractivity contribution is -0.125. The van der Waals surface area contributed by atoms with E-state index in [2.05, 4.69) is 12.2 Å². The highest BCUT2D eigenvalue weighted by atomic mass is 32.2. The lowest BCUT2D eigenvalue weighted by Gasteiger charge is -2.37. The Labute approximate surface area is 216 Å². The van der Waals surface area contributed by atoms with Crippen LogP contribution in [0.25, 0.3) is 0 Å². The maximum absolute atomic E-state index is 13.5.